The molecule has 0 amide bonds. The number of ether oxygens (including phenoxy) is 1. The van der Waals surface area contributed by atoms with Crippen molar-refractivity contribution in [2.24, 2.45) is 0 Å². The molecule has 1 saturated heterocycles. The summed E-state index contributed by atoms with van der Waals surface area (Å²) in [6, 6.07) is 3.97. The minimum Gasteiger partial charge on any atom is -0.485 e. The van der Waals surface area contributed by atoms with Gasteiger partial charge in [0.15, 0.2) is 0 Å². The van der Waals surface area contributed by atoms with Crippen LogP contribution in [0, 0.1) is 0 Å². The molecule has 74 valence electrons. The van der Waals surface area contributed by atoms with Crippen molar-refractivity contribution in [3.8, 4) is 5.75 Å². The molecule has 0 aliphatic carbocycles. The van der Waals surface area contributed by atoms with Gasteiger partial charge in [-0.3, -0.25) is 4.98 Å². The van der Waals surface area contributed by atoms with E-state index in [0.717, 1.165) is 43.8 Å². The van der Waals surface area contributed by atoms with Crippen molar-refractivity contribution >= 4 is 0 Å². The van der Waals surface area contributed by atoms with Crippen LogP contribution in [0.15, 0.2) is 18.3 Å². The molecule has 0 radical (unpaired) electrons. The first-order chi connectivity index (χ1) is 6.88. The molecule has 1 aromatic heterocycles. The zero-order valence-electron chi connectivity index (χ0n) is 8.12. The maximum atomic E-state index is 6.03. The molecule has 0 atom stereocenters. The molecule has 3 heterocycles. The van der Waals surface area contributed by atoms with Crippen molar-refractivity contribution in [2.75, 3.05) is 13.1 Å². The first kappa shape index (κ1) is 8.24. The molecular formula is C11H14N2O. The topological polar surface area (TPSA) is 34.1 Å². The van der Waals surface area contributed by atoms with Crippen molar-refractivity contribution in [1.29, 1.82) is 0 Å². The lowest BCUT2D eigenvalue weighted by Crippen LogP contribution is -2.45. The van der Waals surface area contributed by atoms with Gasteiger partial charge in [0, 0.05) is 25.5 Å². The van der Waals surface area contributed by atoms with Crippen LogP contribution in [0.25, 0.3) is 0 Å². The summed E-state index contributed by atoms with van der Waals surface area (Å²) in [7, 11) is 0. The van der Waals surface area contributed by atoms with Gasteiger partial charge < -0.3 is 10.1 Å². The van der Waals surface area contributed by atoms with Gasteiger partial charge in [-0.1, -0.05) is 0 Å². The standard InChI is InChI=1S/C11H14N2O/c1-2-10-9(13-5-1)8-11(14-10)3-6-12-7-4-11/h1-2,5,12H,3-4,6-8H2. The fourth-order valence-corrected chi connectivity index (χ4v) is 2.38. The molecule has 3 rings (SSSR count). The number of fused-ring (bicyclic) bond motifs is 1. The highest BCUT2D eigenvalue weighted by Gasteiger charge is 2.40. The van der Waals surface area contributed by atoms with Gasteiger partial charge in [0.1, 0.15) is 11.4 Å². The lowest BCUT2D eigenvalue weighted by atomic mass is 9.89. The highest BCUT2D eigenvalue weighted by molar-refractivity contribution is 5.33. The van der Waals surface area contributed by atoms with Crippen molar-refractivity contribution in [2.45, 2.75) is 24.9 Å². The lowest BCUT2D eigenvalue weighted by Gasteiger charge is -2.32. The number of pyridine rings is 1. The Labute approximate surface area is 83.5 Å². The van der Waals surface area contributed by atoms with Gasteiger partial charge in [0.05, 0.1) is 5.69 Å². The predicted octanol–water partition coefficient (Wildman–Crippen LogP) is 1.14. The van der Waals surface area contributed by atoms with Crippen LogP contribution in [0.4, 0.5) is 0 Å². The van der Waals surface area contributed by atoms with E-state index in [-0.39, 0.29) is 5.60 Å². The zero-order chi connectivity index (χ0) is 9.43. The Morgan fingerprint density at radius 3 is 3.00 bits per heavy atom. The Morgan fingerprint density at radius 1 is 1.36 bits per heavy atom. The smallest absolute Gasteiger partial charge is 0.141 e. The average molecular weight is 190 g/mol. The highest BCUT2D eigenvalue weighted by atomic mass is 16.5. The number of piperidine rings is 1. The van der Waals surface area contributed by atoms with E-state index in [1.807, 2.05) is 18.3 Å². The highest BCUT2D eigenvalue weighted by Crippen LogP contribution is 2.38. The Bertz CT molecular complexity index is 318. The summed E-state index contributed by atoms with van der Waals surface area (Å²) in [5.41, 5.74) is 1.19. The van der Waals surface area contributed by atoms with Crippen LogP contribution in [-0.2, 0) is 6.42 Å². The van der Waals surface area contributed by atoms with Crippen LogP contribution in [0.1, 0.15) is 18.5 Å². The van der Waals surface area contributed by atoms with Crippen LogP contribution in [-0.4, -0.2) is 23.7 Å². The van der Waals surface area contributed by atoms with Crippen molar-refractivity contribution in [3.05, 3.63) is 24.0 Å². The first-order valence-electron chi connectivity index (χ1n) is 5.22. The van der Waals surface area contributed by atoms with E-state index in [0.29, 0.717) is 0 Å². The number of nitrogens with zero attached hydrogens (tertiary/aromatic N) is 1. The van der Waals surface area contributed by atoms with E-state index >= 15 is 0 Å². The molecule has 1 spiro atoms. The summed E-state index contributed by atoms with van der Waals surface area (Å²) < 4.78 is 6.03. The van der Waals surface area contributed by atoms with Crippen molar-refractivity contribution in [1.82, 2.24) is 10.3 Å². The van der Waals surface area contributed by atoms with Crippen LogP contribution < -0.4 is 10.1 Å². The molecule has 0 bridgehead atoms. The third-order valence-electron chi connectivity index (χ3n) is 3.18. The number of rotatable bonds is 0. The van der Waals surface area contributed by atoms with Crippen LogP contribution >= 0.6 is 0 Å². The van der Waals surface area contributed by atoms with E-state index in [9.17, 15) is 0 Å². The summed E-state index contributed by atoms with van der Waals surface area (Å²) in [6.45, 7) is 2.13. The minimum atomic E-state index is 0.0575. The SMILES string of the molecule is c1cnc2c(c1)OC1(CCNCC1)C2. The molecule has 1 aromatic rings. The third-order valence-corrected chi connectivity index (χ3v) is 3.18. The summed E-state index contributed by atoms with van der Waals surface area (Å²) in [6.07, 6.45) is 5.04. The van der Waals surface area contributed by atoms with E-state index in [2.05, 4.69) is 10.3 Å². The Hall–Kier alpha value is -1.09. The van der Waals surface area contributed by atoms with Gasteiger partial charge in [-0.25, -0.2) is 0 Å². The third kappa shape index (κ3) is 1.20. The Kier molecular flexibility index (Phi) is 1.74. The molecule has 3 heteroatoms. The number of aromatic nitrogens is 1. The Morgan fingerprint density at radius 2 is 2.21 bits per heavy atom. The minimum absolute atomic E-state index is 0.0575. The molecule has 2 aliphatic rings. The van der Waals surface area contributed by atoms with Crippen LogP contribution in [0.5, 0.6) is 5.75 Å². The van der Waals surface area contributed by atoms with Crippen molar-refractivity contribution < 1.29 is 4.74 Å². The summed E-state index contributed by atoms with van der Waals surface area (Å²) in [5.74, 6) is 0.995. The van der Waals surface area contributed by atoms with Gasteiger partial charge in [-0.2, -0.15) is 0 Å². The average Bonchev–Trinajstić information content (AvgIpc) is 2.56. The lowest BCUT2D eigenvalue weighted by molar-refractivity contribution is 0.0599. The maximum absolute atomic E-state index is 6.03. The van der Waals surface area contributed by atoms with Crippen LogP contribution in [0.2, 0.25) is 0 Å². The van der Waals surface area contributed by atoms with Crippen LogP contribution in [0.3, 0.4) is 0 Å². The zero-order valence-corrected chi connectivity index (χ0v) is 8.12. The molecule has 1 fully saturated rings. The molecule has 2 aliphatic heterocycles. The fraction of sp³-hybridized carbons (Fsp3) is 0.545. The summed E-state index contributed by atoms with van der Waals surface area (Å²) in [4.78, 5) is 4.36. The fourth-order valence-electron chi connectivity index (χ4n) is 2.38. The Balaban J connectivity index is 1.89. The predicted molar refractivity (Wildman–Crippen MR) is 53.4 cm³/mol. The molecule has 0 saturated carbocycles. The van der Waals surface area contributed by atoms with E-state index in [1.165, 1.54) is 0 Å². The molecule has 1 N–H and O–H groups in total. The monoisotopic (exact) mass is 190 g/mol. The molecular weight excluding hydrogens is 176 g/mol. The second-order valence-corrected chi connectivity index (χ2v) is 4.16. The molecule has 3 nitrogen and oxygen atoms in total. The largest absolute Gasteiger partial charge is 0.485 e. The van der Waals surface area contributed by atoms with Gasteiger partial charge in [-0.15, -0.1) is 0 Å². The number of hydrogen-bond donors (Lipinski definition) is 1. The molecule has 0 aromatic carbocycles. The van der Waals surface area contributed by atoms with Crippen molar-refractivity contribution in [3.63, 3.8) is 0 Å². The van der Waals surface area contributed by atoms with E-state index in [4.69, 9.17) is 4.74 Å². The first-order valence-corrected chi connectivity index (χ1v) is 5.22. The van der Waals surface area contributed by atoms with Gasteiger partial charge >= 0.3 is 0 Å². The second kappa shape index (κ2) is 2.95. The second-order valence-electron chi connectivity index (χ2n) is 4.16. The molecule has 0 unspecified atom stereocenters. The quantitative estimate of drug-likeness (QED) is 0.666. The number of hydrogen-bond acceptors (Lipinski definition) is 3. The number of nitrogens with one attached hydrogen (secondary N) is 1. The van der Waals surface area contributed by atoms with E-state index < -0.39 is 0 Å². The normalized spacial score (nSPS) is 23.1. The van der Waals surface area contributed by atoms with Gasteiger partial charge in [0.2, 0.25) is 0 Å². The summed E-state index contributed by atoms with van der Waals surface area (Å²) in [5, 5.41) is 3.36. The maximum Gasteiger partial charge on any atom is 0.141 e. The van der Waals surface area contributed by atoms with E-state index in [1.54, 1.807) is 0 Å². The van der Waals surface area contributed by atoms with Gasteiger partial charge in [-0.05, 0) is 25.2 Å². The van der Waals surface area contributed by atoms with Gasteiger partial charge in [0.25, 0.3) is 0 Å². The molecule has 14 heavy (non-hydrogen) atoms. The summed E-state index contributed by atoms with van der Waals surface area (Å²) >= 11 is 0.